The number of carbonyl (C=O) groups excluding carboxylic acids is 6. The zero-order valence-electron chi connectivity index (χ0n) is 10.9. The largest absolute Gasteiger partial charge is 0.369 e. The van der Waals surface area contributed by atoms with Crippen LogP contribution in [0.2, 0.25) is 0 Å². The van der Waals surface area contributed by atoms with E-state index in [9.17, 15) is 28.8 Å². The monoisotopic (exact) mass is 315 g/mol. The quantitative estimate of drug-likeness (QED) is 0.268. The Morgan fingerprint density at radius 1 is 0.682 bits per heavy atom. The minimum Gasteiger partial charge on any atom is -0.369 e. The lowest BCUT2D eigenvalue weighted by Gasteiger charge is -2.62. The number of carbonyl (C=O) groups is 6. The van der Waals surface area contributed by atoms with Crippen molar-refractivity contribution in [1.82, 2.24) is 4.90 Å². The second kappa shape index (κ2) is 4.57. The number of amides is 7. The lowest BCUT2D eigenvalue weighted by atomic mass is 9.53. The molecule has 7 amide bonds. The molecule has 0 bridgehead atoms. The molecule has 0 saturated carbocycles. The highest BCUT2D eigenvalue weighted by atomic mass is 16.2. The van der Waals surface area contributed by atoms with Crippen LogP contribution in [0.3, 0.4) is 0 Å². The Labute approximate surface area is 121 Å². The molecule has 0 spiro atoms. The zero-order valence-corrected chi connectivity index (χ0v) is 10.9. The molecular weight excluding hydrogens is 302 g/mol. The number of nitrogens with zero attached hydrogens (tertiary/aromatic N) is 1. The minimum absolute atomic E-state index is 0.0233. The van der Waals surface area contributed by atoms with Crippen LogP contribution in [0.1, 0.15) is 0 Å². The summed E-state index contributed by atoms with van der Waals surface area (Å²) in [6.45, 7) is 0. The van der Waals surface area contributed by atoms with E-state index in [4.69, 9.17) is 34.4 Å². The molecule has 0 aromatic carbocycles. The van der Waals surface area contributed by atoms with Crippen molar-refractivity contribution in [3.8, 4) is 0 Å². The highest BCUT2D eigenvalue weighted by Gasteiger charge is 2.86. The van der Waals surface area contributed by atoms with Crippen molar-refractivity contribution in [2.24, 2.45) is 39.8 Å². The fraction of sp³-hybridized carbons (Fsp3) is 0.333. The molecule has 0 aliphatic carbocycles. The molecule has 13 heteroatoms. The van der Waals surface area contributed by atoms with Crippen molar-refractivity contribution < 1.29 is 28.8 Å². The van der Waals surface area contributed by atoms with Gasteiger partial charge in [-0.2, -0.15) is 0 Å². The van der Waals surface area contributed by atoms with Gasteiger partial charge in [-0.25, -0.2) is 4.79 Å². The summed E-state index contributed by atoms with van der Waals surface area (Å²) in [6, 6.07) is -3.76. The smallest absolute Gasteiger partial charge is 0.316 e. The zero-order chi connectivity index (χ0) is 17.6. The van der Waals surface area contributed by atoms with Gasteiger partial charge < -0.3 is 34.4 Å². The second-order valence-electron chi connectivity index (χ2n) is 4.49. The fourth-order valence-electron chi connectivity index (χ4n) is 2.84. The molecule has 1 rings (SSSR count). The Morgan fingerprint density at radius 3 is 1.23 bits per heavy atom. The van der Waals surface area contributed by atoms with Crippen LogP contribution in [-0.4, -0.2) is 52.0 Å². The Balaban J connectivity index is 3.96. The van der Waals surface area contributed by atoms with Gasteiger partial charge in [-0.15, -0.1) is 0 Å². The van der Waals surface area contributed by atoms with Crippen LogP contribution < -0.4 is 34.4 Å². The molecule has 1 unspecified atom stereocenters. The van der Waals surface area contributed by atoms with Gasteiger partial charge in [0.2, 0.25) is 23.3 Å². The predicted molar refractivity (Wildman–Crippen MR) is 66.3 cm³/mol. The summed E-state index contributed by atoms with van der Waals surface area (Å²) >= 11 is 0. The first-order chi connectivity index (χ1) is 9.91. The molecule has 12 N–H and O–H groups in total. The van der Waals surface area contributed by atoms with E-state index in [1.54, 1.807) is 0 Å². The summed E-state index contributed by atoms with van der Waals surface area (Å²) in [5.74, 6) is -8.32. The number of hydrogen-bond donors (Lipinski definition) is 6. The first-order valence-corrected chi connectivity index (χ1v) is 5.49. The van der Waals surface area contributed by atoms with Crippen LogP contribution >= 0.6 is 0 Å². The topological polar surface area (TPSA) is 262 Å². The molecule has 1 aliphatic heterocycles. The highest BCUT2D eigenvalue weighted by molar-refractivity contribution is 6.28. The summed E-state index contributed by atoms with van der Waals surface area (Å²) in [5.41, 5.74) is 23.9. The summed E-state index contributed by atoms with van der Waals surface area (Å²) in [5, 5.41) is 0. The lowest BCUT2D eigenvalue weighted by molar-refractivity contribution is -0.199. The van der Waals surface area contributed by atoms with Crippen molar-refractivity contribution in [1.29, 1.82) is 0 Å². The molecule has 22 heavy (non-hydrogen) atoms. The Bertz CT molecular complexity index is 546. The second-order valence-corrected chi connectivity index (χ2v) is 4.49. The van der Waals surface area contributed by atoms with Crippen molar-refractivity contribution >= 4 is 35.6 Å². The van der Waals surface area contributed by atoms with Crippen LogP contribution in [-0.2, 0) is 24.0 Å². The minimum atomic E-state index is -3.14. The molecule has 13 nitrogen and oxygen atoms in total. The molecule has 1 heterocycles. The van der Waals surface area contributed by atoms with E-state index in [0.717, 1.165) is 0 Å². The lowest BCUT2D eigenvalue weighted by Crippen LogP contribution is -2.95. The molecule has 0 aromatic rings. The van der Waals surface area contributed by atoms with E-state index in [2.05, 4.69) is 0 Å². The average Bonchev–Trinajstić information content (AvgIpc) is 2.24. The molecule has 1 atom stereocenters. The van der Waals surface area contributed by atoms with Crippen LogP contribution in [0.5, 0.6) is 0 Å². The van der Waals surface area contributed by atoms with Crippen LogP contribution in [0.25, 0.3) is 0 Å². The normalized spacial score (nSPS) is 21.3. The number of primary amides is 6. The summed E-state index contributed by atoms with van der Waals surface area (Å²) in [4.78, 5) is 70.1. The Morgan fingerprint density at radius 2 is 1.05 bits per heavy atom. The van der Waals surface area contributed by atoms with E-state index in [1.807, 2.05) is 0 Å². The van der Waals surface area contributed by atoms with Crippen molar-refractivity contribution in [2.45, 2.75) is 11.6 Å². The maximum atomic E-state index is 11.8. The first-order valence-electron chi connectivity index (χ1n) is 5.49. The SMILES string of the molecule is NC(=O)C1N(C(N)=O)C(C(N)=O)(C(N)=O)C1(C(N)=O)C(N)=O. The standard InChI is InChI=1S/C9H13N7O6/c10-2(17)1-8(3(11)18,4(12)19)9(5(13)20,6(14)21)16(1)7(15)22/h1H,(H2,10,17)(H2,11,18)(H2,12,19)(H2,13,20)(H2,14,21)(H2,15,22). The number of rotatable bonds is 5. The third-order valence-electron chi connectivity index (χ3n) is 3.60. The van der Waals surface area contributed by atoms with E-state index in [1.165, 1.54) is 0 Å². The van der Waals surface area contributed by atoms with Gasteiger partial charge >= 0.3 is 6.03 Å². The molecule has 0 aromatic heterocycles. The number of hydrogen-bond acceptors (Lipinski definition) is 6. The molecular formula is C9H13N7O6. The van der Waals surface area contributed by atoms with E-state index in [0.29, 0.717) is 0 Å². The number of nitrogens with two attached hydrogens (primary N) is 6. The number of likely N-dealkylation sites (tertiary alicyclic amines) is 1. The molecule has 120 valence electrons. The summed E-state index contributed by atoms with van der Waals surface area (Å²) in [6.07, 6.45) is 0. The average molecular weight is 315 g/mol. The maximum Gasteiger partial charge on any atom is 0.316 e. The van der Waals surface area contributed by atoms with Crippen molar-refractivity contribution in [2.75, 3.05) is 0 Å². The van der Waals surface area contributed by atoms with Crippen LogP contribution in [0.4, 0.5) is 4.79 Å². The van der Waals surface area contributed by atoms with Crippen LogP contribution in [0, 0.1) is 5.41 Å². The van der Waals surface area contributed by atoms with E-state index in [-0.39, 0.29) is 4.90 Å². The first kappa shape index (κ1) is 16.7. The van der Waals surface area contributed by atoms with Gasteiger partial charge in [0.15, 0.2) is 5.41 Å². The van der Waals surface area contributed by atoms with E-state index >= 15 is 0 Å². The number of urea groups is 1. The maximum absolute atomic E-state index is 11.8. The van der Waals surface area contributed by atoms with Gasteiger partial charge in [0.05, 0.1) is 0 Å². The van der Waals surface area contributed by atoms with Crippen molar-refractivity contribution in [3.63, 3.8) is 0 Å². The highest BCUT2D eigenvalue weighted by Crippen LogP contribution is 2.52. The Kier molecular flexibility index (Phi) is 3.47. The third kappa shape index (κ3) is 1.41. The van der Waals surface area contributed by atoms with Crippen molar-refractivity contribution in [3.05, 3.63) is 0 Å². The molecule has 1 saturated heterocycles. The van der Waals surface area contributed by atoms with Gasteiger partial charge in [-0.1, -0.05) is 0 Å². The van der Waals surface area contributed by atoms with Gasteiger partial charge in [0.25, 0.3) is 11.8 Å². The molecule has 1 aliphatic rings. The van der Waals surface area contributed by atoms with E-state index < -0.39 is 52.6 Å². The van der Waals surface area contributed by atoms with Gasteiger partial charge in [-0.3, -0.25) is 28.9 Å². The Hall–Kier alpha value is -3.38. The summed E-state index contributed by atoms with van der Waals surface area (Å²) in [7, 11) is 0. The van der Waals surface area contributed by atoms with Crippen LogP contribution in [0.15, 0.2) is 0 Å². The summed E-state index contributed by atoms with van der Waals surface area (Å²) < 4.78 is 0. The fourth-order valence-corrected chi connectivity index (χ4v) is 2.84. The third-order valence-corrected chi connectivity index (χ3v) is 3.60. The molecule has 1 fully saturated rings. The van der Waals surface area contributed by atoms with Gasteiger partial charge in [0.1, 0.15) is 6.04 Å². The predicted octanol–water partition coefficient (Wildman–Crippen LogP) is -6.10. The van der Waals surface area contributed by atoms with Gasteiger partial charge in [-0.05, 0) is 0 Å². The molecule has 0 radical (unpaired) electrons. The van der Waals surface area contributed by atoms with Gasteiger partial charge in [0, 0.05) is 0 Å².